The highest BCUT2D eigenvalue weighted by molar-refractivity contribution is 7.18. The van der Waals surface area contributed by atoms with Gasteiger partial charge in [0.05, 0.1) is 10.2 Å². The van der Waals surface area contributed by atoms with Gasteiger partial charge in [-0.25, -0.2) is 13.8 Å². The number of para-hydroxylation sites is 2. The van der Waals surface area contributed by atoms with Gasteiger partial charge in [0.15, 0.2) is 5.01 Å². The second-order valence-corrected chi connectivity index (χ2v) is 6.81. The molecule has 0 radical (unpaired) electrons. The number of halogens is 6. The smallest absolute Gasteiger partial charge is 0.334 e. The Balaban J connectivity index is 0.000000160. The highest BCUT2D eigenvalue weighted by Gasteiger charge is 2.12. The van der Waals surface area contributed by atoms with Crippen LogP contribution in [0.1, 0.15) is 11.4 Å². The molecule has 3 nitrogen and oxygen atoms in total. The average molecular weight is 436 g/mol. The first-order valence-corrected chi connectivity index (χ1v) is 9.04. The molecule has 0 unspecified atom stereocenters. The first kappa shape index (κ1) is 21.6. The lowest BCUT2D eigenvalue weighted by Crippen LogP contribution is -2.21. The number of hydrogen-bond acceptors (Lipinski definition) is 4. The van der Waals surface area contributed by atoms with E-state index < -0.39 is 18.6 Å². The lowest BCUT2D eigenvalue weighted by Gasteiger charge is -1.88. The first-order chi connectivity index (χ1) is 13.3. The van der Waals surface area contributed by atoms with Crippen molar-refractivity contribution < 1.29 is 31.1 Å². The zero-order valence-corrected chi connectivity index (χ0v) is 15.3. The molecule has 0 atom stereocenters. The first-order valence-electron chi connectivity index (χ1n) is 7.35. The van der Waals surface area contributed by atoms with E-state index in [9.17, 15) is 31.5 Å². The third-order valence-electron chi connectivity index (χ3n) is 3.02. The highest BCUT2D eigenvalue weighted by Crippen LogP contribution is 2.28. The largest absolute Gasteiger partial charge is 0.618 e. The van der Waals surface area contributed by atoms with Gasteiger partial charge in [0.1, 0.15) is 4.70 Å². The van der Waals surface area contributed by atoms with Crippen LogP contribution in [0.3, 0.4) is 0 Å². The van der Waals surface area contributed by atoms with Gasteiger partial charge in [-0.3, -0.25) is 0 Å². The van der Waals surface area contributed by atoms with Crippen molar-refractivity contribution in [3.8, 4) is 0 Å². The summed E-state index contributed by atoms with van der Waals surface area (Å²) in [5.74, 6) is 0. The summed E-state index contributed by atoms with van der Waals surface area (Å²) in [4.78, 5) is 3.78. The monoisotopic (exact) mass is 436 g/mol. The molecule has 0 aliphatic carbocycles. The Morgan fingerprint density at radius 1 is 0.893 bits per heavy atom. The van der Waals surface area contributed by atoms with Gasteiger partial charge in [-0.05, 0) is 18.2 Å². The molecule has 0 fully saturated rings. The number of nitrogens with zero attached hydrogens (tertiary/aromatic N) is 2. The molecule has 0 saturated carbocycles. The van der Waals surface area contributed by atoms with Gasteiger partial charge in [0, 0.05) is 6.07 Å². The van der Waals surface area contributed by atoms with Crippen LogP contribution in [0.4, 0.5) is 26.3 Å². The Hall–Kier alpha value is -2.66. The van der Waals surface area contributed by atoms with Crippen LogP contribution in [0.5, 0.6) is 0 Å². The van der Waals surface area contributed by atoms with Crippen molar-refractivity contribution in [1.82, 2.24) is 4.98 Å². The number of fused-ring (bicyclic) bond motifs is 2. The van der Waals surface area contributed by atoms with Crippen LogP contribution >= 0.6 is 22.7 Å². The number of benzene rings is 2. The number of aromatic nitrogens is 2. The second-order valence-electron chi connectivity index (χ2n) is 4.86. The highest BCUT2D eigenvalue weighted by atomic mass is 32.1. The van der Waals surface area contributed by atoms with Gasteiger partial charge in [0.2, 0.25) is 11.0 Å². The van der Waals surface area contributed by atoms with Gasteiger partial charge in [-0.2, -0.15) is 22.3 Å². The fourth-order valence-corrected chi connectivity index (χ4v) is 3.47. The van der Waals surface area contributed by atoms with Crippen LogP contribution in [-0.4, -0.2) is 4.98 Å². The zero-order chi connectivity index (χ0) is 20.7. The predicted octanol–water partition coefficient (Wildman–Crippen LogP) is 6.76. The SMILES string of the molecule is FC(F)=C(F)F.FC(F)c1nc2ccccc2s1.[O-][n+]1csc2ccccc21. The molecule has 4 rings (SSSR count). The van der Waals surface area contributed by atoms with Gasteiger partial charge in [-0.15, -0.1) is 11.3 Å². The summed E-state index contributed by atoms with van der Waals surface area (Å²) in [6.07, 6.45) is -8.27. The fraction of sp³-hybridized carbons (Fsp3) is 0.0588. The molecule has 0 saturated heterocycles. The van der Waals surface area contributed by atoms with Crippen molar-refractivity contribution in [2.75, 3.05) is 0 Å². The van der Waals surface area contributed by atoms with Crippen molar-refractivity contribution in [3.05, 3.63) is 76.4 Å². The number of rotatable bonds is 1. The molecule has 0 spiro atoms. The van der Waals surface area contributed by atoms with Crippen LogP contribution in [-0.2, 0) is 0 Å². The number of thiazole rings is 2. The van der Waals surface area contributed by atoms with E-state index in [4.69, 9.17) is 0 Å². The van der Waals surface area contributed by atoms with E-state index >= 15 is 0 Å². The van der Waals surface area contributed by atoms with E-state index in [0.717, 1.165) is 31.0 Å². The van der Waals surface area contributed by atoms with E-state index in [1.807, 2.05) is 30.3 Å². The van der Waals surface area contributed by atoms with Crippen molar-refractivity contribution in [3.63, 3.8) is 0 Å². The Bertz CT molecular complexity index is 1030. The normalized spacial score (nSPS) is 10.2. The fourth-order valence-electron chi connectivity index (χ4n) is 1.88. The molecule has 28 heavy (non-hydrogen) atoms. The van der Waals surface area contributed by atoms with E-state index in [0.29, 0.717) is 5.52 Å². The standard InChI is InChI=1S/C8H5F2NS.C7H5NOS.C2F4/c9-7(10)8-11-5-3-1-2-4-6(5)12-8;9-8-5-10-7-4-2-1-3-6(7)8;3-1(4)2(5)6/h1-4,7H;1-5H;. The molecule has 2 heterocycles. The summed E-state index contributed by atoms with van der Waals surface area (Å²) in [5.41, 5.74) is 2.97. The maximum atomic E-state index is 12.2. The molecule has 4 aromatic rings. The summed E-state index contributed by atoms with van der Waals surface area (Å²) < 4.78 is 68.2. The summed E-state index contributed by atoms with van der Waals surface area (Å²) in [6.45, 7) is 0. The predicted molar refractivity (Wildman–Crippen MR) is 96.8 cm³/mol. The molecule has 0 aliphatic heterocycles. The molecule has 0 bridgehead atoms. The van der Waals surface area contributed by atoms with Crippen molar-refractivity contribution in [2.24, 2.45) is 0 Å². The summed E-state index contributed by atoms with van der Waals surface area (Å²) in [5, 5.41) is 10.8. The Morgan fingerprint density at radius 2 is 1.46 bits per heavy atom. The van der Waals surface area contributed by atoms with Crippen LogP contribution in [0, 0.1) is 5.21 Å². The van der Waals surface area contributed by atoms with Crippen LogP contribution in [0.25, 0.3) is 20.4 Å². The summed E-state index contributed by atoms with van der Waals surface area (Å²) in [7, 11) is 0. The molecular formula is C17H10F6N2OS2. The van der Waals surface area contributed by atoms with Crippen LogP contribution in [0.2, 0.25) is 0 Å². The zero-order valence-electron chi connectivity index (χ0n) is 13.7. The van der Waals surface area contributed by atoms with Gasteiger partial charge >= 0.3 is 12.2 Å². The van der Waals surface area contributed by atoms with Crippen molar-refractivity contribution in [1.29, 1.82) is 0 Å². The molecule has 0 aliphatic rings. The van der Waals surface area contributed by atoms with E-state index in [2.05, 4.69) is 4.98 Å². The molecule has 0 amide bonds. The lowest BCUT2D eigenvalue weighted by molar-refractivity contribution is -0.572. The minimum Gasteiger partial charge on any atom is -0.618 e. The molecular weight excluding hydrogens is 426 g/mol. The van der Waals surface area contributed by atoms with Crippen molar-refractivity contribution in [2.45, 2.75) is 6.43 Å². The third kappa shape index (κ3) is 5.92. The van der Waals surface area contributed by atoms with Crippen LogP contribution in [0.15, 0.2) is 66.2 Å². The minimum atomic E-state index is -2.91. The van der Waals surface area contributed by atoms with Crippen LogP contribution < -0.4 is 4.73 Å². The summed E-state index contributed by atoms with van der Waals surface area (Å²) >= 11 is 2.51. The third-order valence-corrected chi connectivity index (χ3v) is 4.96. The lowest BCUT2D eigenvalue weighted by atomic mass is 10.3. The second kappa shape index (κ2) is 10.0. The molecule has 148 valence electrons. The van der Waals surface area contributed by atoms with Crippen molar-refractivity contribution >= 4 is 43.1 Å². The maximum absolute atomic E-state index is 12.2. The van der Waals surface area contributed by atoms with Gasteiger partial charge in [-0.1, -0.05) is 35.6 Å². The topological polar surface area (TPSA) is 39.8 Å². The van der Waals surface area contributed by atoms with Gasteiger partial charge < -0.3 is 5.21 Å². The Labute approximate surface area is 162 Å². The van der Waals surface area contributed by atoms with E-state index in [1.54, 1.807) is 23.7 Å². The number of alkyl halides is 2. The Kier molecular flexibility index (Phi) is 7.76. The molecule has 0 N–H and O–H groups in total. The average Bonchev–Trinajstić information content (AvgIpc) is 3.27. The number of hydrogen-bond donors (Lipinski definition) is 0. The molecule has 11 heteroatoms. The quantitative estimate of drug-likeness (QED) is 0.188. The molecule has 2 aromatic carbocycles. The minimum absolute atomic E-state index is 0.101. The maximum Gasteiger partial charge on any atom is 0.334 e. The molecule has 2 aromatic heterocycles. The Morgan fingerprint density at radius 3 is 2.00 bits per heavy atom. The van der Waals surface area contributed by atoms with E-state index in [1.165, 1.54) is 11.3 Å². The van der Waals surface area contributed by atoms with Gasteiger partial charge in [0.25, 0.3) is 6.43 Å². The van der Waals surface area contributed by atoms with E-state index in [-0.39, 0.29) is 5.01 Å². The summed E-state index contributed by atoms with van der Waals surface area (Å²) in [6, 6.07) is 14.7.